The number of ether oxygens (including phenoxy) is 1. The SMILES string of the molecule is COc1nc(Sc2ccc(O)c3ccccc23)ncc1Br. The van der Waals surface area contributed by atoms with E-state index in [4.69, 9.17) is 4.74 Å². The Hall–Kier alpha value is -1.79. The van der Waals surface area contributed by atoms with Crippen molar-refractivity contribution in [2.24, 2.45) is 0 Å². The van der Waals surface area contributed by atoms with Gasteiger partial charge in [0.1, 0.15) is 5.75 Å². The molecule has 106 valence electrons. The molecule has 0 amide bonds. The van der Waals surface area contributed by atoms with Gasteiger partial charge in [-0.3, -0.25) is 0 Å². The zero-order valence-corrected chi connectivity index (χ0v) is 13.5. The van der Waals surface area contributed by atoms with Gasteiger partial charge in [0.25, 0.3) is 0 Å². The highest BCUT2D eigenvalue weighted by atomic mass is 79.9. The number of phenols is 1. The highest BCUT2D eigenvalue weighted by molar-refractivity contribution is 9.10. The van der Waals surface area contributed by atoms with E-state index in [1.807, 2.05) is 30.3 Å². The van der Waals surface area contributed by atoms with Gasteiger partial charge in [-0.2, -0.15) is 4.98 Å². The first-order valence-corrected chi connectivity index (χ1v) is 7.75. The fourth-order valence-electron chi connectivity index (χ4n) is 1.97. The van der Waals surface area contributed by atoms with E-state index in [2.05, 4.69) is 25.9 Å². The van der Waals surface area contributed by atoms with Crippen LogP contribution in [0, 0.1) is 0 Å². The van der Waals surface area contributed by atoms with Crippen LogP contribution < -0.4 is 4.74 Å². The van der Waals surface area contributed by atoms with E-state index in [1.54, 1.807) is 19.4 Å². The van der Waals surface area contributed by atoms with Crippen LogP contribution in [0.25, 0.3) is 10.8 Å². The summed E-state index contributed by atoms with van der Waals surface area (Å²) in [6, 6.07) is 11.2. The fourth-order valence-corrected chi connectivity index (χ4v) is 3.18. The third-order valence-electron chi connectivity index (χ3n) is 2.95. The van der Waals surface area contributed by atoms with Crippen molar-refractivity contribution in [1.82, 2.24) is 9.97 Å². The average Bonchev–Trinajstić information content (AvgIpc) is 2.52. The molecule has 0 radical (unpaired) electrons. The van der Waals surface area contributed by atoms with E-state index in [0.29, 0.717) is 15.5 Å². The molecule has 0 aliphatic carbocycles. The van der Waals surface area contributed by atoms with Crippen LogP contribution in [0.4, 0.5) is 0 Å². The molecule has 0 atom stereocenters. The Morgan fingerprint density at radius 1 is 1.14 bits per heavy atom. The Kier molecular flexibility index (Phi) is 3.98. The normalized spacial score (nSPS) is 10.8. The van der Waals surface area contributed by atoms with Crippen LogP contribution >= 0.6 is 27.7 Å². The van der Waals surface area contributed by atoms with Gasteiger partial charge in [0.05, 0.1) is 11.6 Å². The third-order valence-corrected chi connectivity index (χ3v) is 4.44. The first-order valence-electron chi connectivity index (χ1n) is 6.14. The molecular formula is C15H11BrN2O2S. The van der Waals surface area contributed by atoms with Crippen molar-refractivity contribution in [3.63, 3.8) is 0 Å². The number of methoxy groups -OCH3 is 1. The highest BCUT2D eigenvalue weighted by Gasteiger charge is 2.10. The first kappa shape index (κ1) is 14.2. The van der Waals surface area contributed by atoms with Gasteiger partial charge in [0, 0.05) is 16.5 Å². The van der Waals surface area contributed by atoms with Gasteiger partial charge in [-0.15, -0.1) is 0 Å². The van der Waals surface area contributed by atoms with E-state index < -0.39 is 0 Å². The average molecular weight is 363 g/mol. The van der Waals surface area contributed by atoms with Crippen LogP contribution in [-0.2, 0) is 0 Å². The molecule has 3 aromatic rings. The number of fused-ring (bicyclic) bond motifs is 1. The van der Waals surface area contributed by atoms with Crippen molar-refractivity contribution in [3.05, 3.63) is 47.1 Å². The monoisotopic (exact) mass is 362 g/mol. The van der Waals surface area contributed by atoms with Crippen molar-refractivity contribution < 1.29 is 9.84 Å². The second kappa shape index (κ2) is 5.91. The molecule has 1 N–H and O–H groups in total. The van der Waals surface area contributed by atoms with Crippen LogP contribution in [0.2, 0.25) is 0 Å². The number of benzene rings is 2. The Balaban J connectivity index is 2.04. The van der Waals surface area contributed by atoms with E-state index in [0.717, 1.165) is 15.7 Å². The number of phenolic OH excluding ortho intramolecular Hbond substituents is 1. The molecule has 1 heterocycles. The maximum Gasteiger partial charge on any atom is 0.231 e. The minimum absolute atomic E-state index is 0.268. The minimum Gasteiger partial charge on any atom is -0.507 e. The molecule has 0 unspecified atom stereocenters. The number of aromatic nitrogens is 2. The summed E-state index contributed by atoms with van der Waals surface area (Å²) >= 11 is 4.76. The Bertz CT molecular complexity index is 811. The van der Waals surface area contributed by atoms with Crippen molar-refractivity contribution in [1.29, 1.82) is 0 Å². The molecule has 0 saturated heterocycles. The lowest BCUT2D eigenvalue weighted by molar-refractivity contribution is 0.389. The summed E-state index contributed by atoms with van der Waals surface area (Å²) in [6.45, 7) is 0. The van der Waals surface area contributed by atoms with E-state index in [-0.39, 0.29) is 5.75 Å². The van der Waals surface area contributed by atoms with Gasteiger partial charge in [-0.05, 0) is 45.2 Å². The van der Waals surface area contributed by atoms with Crippen LogP contribution in [0.5, 0.6) is 11.6 Å². The molecule has 0 saturated carbocycles. The second-order valence-electron chi connectivity index (χ2n) is 4.24. The molecular weight excluding hydrogens is 352 g/mol. The van der Waals surface area contributed by atoms with Gasteiger partial charge >= 0.3 is 0 Å². The molecule has 0 bridgehead atoms. The van der Waals surface area contributed by atoms with Gasteiger partial charge in [0.2, 0.25) is 5.88 Å². The predicted octanol–water partition coefficient (Wildman–Crippen LogP) is 4.26. The molecule has 0 spiro atoms. The summed E-state index contributed by atoms with van der Waals surface area (Å²) in [5.41, 5.74) is 0. The maximum atomic E-state index is 9.91. The highest BCUT2D eigenvalue weighted by Crippen LogP contribution is 2.36. The summed E-state index contributed by atoms with van der Waals surface area (Å²) in [5, 5.41) is 12.3. The summed E-state index contributed by atoms with van der Waals surface area (Å²) < 4.78 is 5.89. The van der Waals surface area contributed by atoms with Crippen LogP contribution in [0.3, 0.4) is 0 Å². The standard InChI is InChI=1S/C15H11BrN2O2S/c1-20-14-11(16)8-17-15(18-14)21-13-7-6-12(19)9-4-2-3-5-10(9)13/h2-8,19H,1H3. The summed E-state index contributed by atoms with van der Waals surface area (Å²) in [6.07, 6.45) is 1.66. The second-order valence-corrected chi connectivity index (χ2v) is 6.10. The van der Waals surface area contributed by atoms with Crippen molar-refractivity contribution in [2.75, 3.05) is 7.11 Å². The smallest absolute Gasteiger partial charge is 0.231 e. The van der Waals surface area contributed by atoms with E-state index >= 15 is 0 Å². The zero-order chi connectivity index (χ0) is 14.8. The molecule has 4 nitrogen and oxygen atoms in total. The minimum atomic E-state index is 0.268. The maximum absolute atomic E-state index is 9.91. The Labute approximate surface area is 134 Å². The summed E-state index contributed by atoms with van der Waals surface area (Å²) in [5.74, 6) is 0.764. The van der Waals surface area contributed by atoms with Gasteiger partial charge in [-0.1, -0.05) is 24.3 Å². The van der Waals surface area contributed by atoms with Crippen molar-refractivity contribution >= 4 is 38.5 Å². The molecule has 2 aromatic carbocycles. The van der Waals surface area contributed by atoms with Crippen LogP contribution in [0.15, 0.2) is 57.1 Å². The quantitative estimate of drug-likeness (QED) is 0.705. The molecule has 1 aromatic heterocycles. The number of rotatable bonds is 3. The van der Waals surface area contributed by atoms with E-state index in [9.17, 15) is 5.11 Å². The Morgan fingerprint density at radius 3 is 2.67 bits per heavy atom. The van der Waals surface area contributed by atoms with Gasteiger partial charge in [-0.25, -0.2) is 4.98 Å². The topological polar surface area (TPSA) is 55.2 Å². The number of aromatic hydroxyl groups is 1. The lowest BCUT2D eigenvalue weighted by atomic mass is 10.1. The van der Waals surface area contributed by atoms with Crippen molar-refractivity contribution in [3.8, 4) is 11.6 Å². The number of hydrogen-bond donors (Lipinski definition) is 1. The number of halogens is 1. The zero-order valence-electron chi connectivity index (χ0n) is 11.1. The van der Waals surface area contributed by atoms with Gasteiger partial charge < -0.3 is 9.84 Å². The molecule has 21 heavy (non-hydrogen) atoms. The summed E-state index contributed by atoms with van der Waals surface area (Å²) in [4.78, 5) is 9.59. The van der Waals surface area contributed by atoms with Crippen LogP contribution in [0.1, 0.15) is 0 Å². The molecule has 0 aliphatic rings. The molecule has 0 aliphatic heterocycles. The largest absolute Gasteiger partial charge is 0.507 e. The Morgan fingerprint density at radius 2 is 1.90 bits per heavy atom. The lowest BCUT2D eigenvalue weighted by Gasteiger charge is -2.08. The molecule has 0 fully saturated rings. The summed E-state index contributed by atoms with van der Waals surface area (Å²) in [7, 11) is 1.57. The molecule has 6 heteroatoms. The first-order chi connectivity index (χ1) is 10.2. The van der Waals surface area contributed by atoms with Gasteiger partial charge in [0.15, 0.2) is 5.16 Å². The molecule has 3 rings (SSSR count). The van der Waals surface area contributed by atoms with Crippen LogP contribution in [-0.4, -0.2) is 22.2 Å². The lowest BCUT2D eigenvalue weighted by Crippen LogP contribution is -1.93. The third kappa shape index (κ3) is 2.82. The number of nitrogens with zero attached hydrogens (tertiary/aromatic N) is 2. The predicted molar refractivity (Wildman–Crippen MR) is 86.0 cm³/mol. The van der Waals surface area contributed by atoms with Crippen molar-refractivity contribution in [2.45, 2.75) is 10.1 Å². The van der Waals surface area contributed by atoms with E-state index in [1.165, 1.54) is 11.8 Å². The number of hydrogen-bond acceptors (Lipinski definition) is 5. The fraction of sp³-hybridized carbons (Fsp3) is 0.0667.